The van der Waals surface area contributed by atoms with Gasteiger partial charge in [-0.2, -0.15) is 5.10 Å². The Bertz CT molecular complexity index is 654. The van der Waals surface area contributed by atoms with Crippen molar-refractivity contribution in [3.8, 4) is 11.3 Å². The predicted molar refractivity (Wildman–Crippen MR) is 75.0 cm³/mol. The van der Waals surface area contributed by atoms with Gasteiger partial charge in [0.2, 0.25) is 0 Å². The van der Waals surface area contributed by atoms with E-state index in [2.05, 4.69) is 15.9 Å². The van der Waals surface area contributed by atoms with Crippen LogP contribution >= 0.6 is 0 Å². The monoisotopic (exact) mass is 271 g/mol. The molecule has 2 aliphatic carbocycles. The van der Waals surface area contributed by atoms with E-state index in [1.165, 1.54) is 38.2 Å². The normalized spacial score (nSPS) is 19.1. The topological polar surface area (TPSA) is 30.7 Å². The predicted octanol–water partition coefficient (Wildman–Crippen LogP) is 4.00. The van der Waals surface area contributed by atoms with Gasteiger partial charge in [0.1, 0.15) is 5.82 Å². The van der Waals surface area contributed by atoms with Crippen molar-refractivity contribution in [3.63, 3.8) is 0 Å². The van der Waals surface area contributed by atoms with E-state index in [1.54, 1.807) is 13.0 Å². The summed E-state index contributed by atoms with van der Waals surface area (Å²) in [5, 5.41) is 4.81. The Labute approximate surface area is 117 Å². The highest BCUT2D eigenvalue weighted by molar-refractivity contribution is 5.63. The van der Waals surface area contributed by atoms with Crippen LogP contribution in [0.2, 0.25) is 0 Å². The molecular weight excluding hydrogens is 253 g/mol. The lowest BCUT2D eigenvalue weighted by molar-refractivity contribution is 0.288. The largest absolute Gasteiger partial charge is 0.269 e. The second-order valence-corrected chi connectivity index (χ2v) is 6.03. The van der Waals surface area contributed by atoms with E-state index in [1.807, 2.05) is 0 Å². The molecule has 0 unspecified atom stereocenters. The van der Waals surface area contributed by atoms with E-state index in [9.17, 15) is 4.39 Å². The number of hydrogen-bond acceptors (Lipinski definition) is 2. The van der Waals surface area contributed by atoms with Gasteiger partial charge < -0.3 is 0 Å². The van der Waals surface area contributed by atoms with Crippen LogP contribution in [0.4, 0.5) is 4.39 Å². The van der Waals surface area contributed by atoms with E-state index in [-0.39, 0.29) is 5.82 Å². The third-order valence-electron chi connectivity index (χ3n) is 4.47. The zero-order valence-corrected chi connectivity index (χ0v) is 11.6. The quantitative estimate of drug-likeness (QED) is 0.845. The van der Waals surface area contributed by atoms with Gasteiger partial charge in [-0.25, -0.2) is 9.37 Å². The highest BCUT2D eigenvalue weighted by atomic mass is 19.1. The van der Waals surface area contributed by atoms with Gasteiger partial charge in [-0.15, -0.1) is 0 Å². The molecular formula is C16H18FN3. The van der Waals surface area contributed by atoms with Crippen LogP contribution in [0.5, 0.6) is 0 Å². The van der Waals surface area contributed by atoms with E-state index in [0.29, 0.717) is 17.7 Å². The number of rotatable bonds is 3. The summed E-state index contributed by atoms with van der Waals surface area (Å²) in [5.41, 5.74) is 3.58. The molecule has 2 saturated carbocycles. The molecule has 2 aliphatic rings. The van der Waals surface area contributed by atoms with Crippen molar-refractivity contribution in [3.05, 3.63) is 35.5 Å². The minimum absolute atomic E-state index is 0.242. The smallest absolute Gasteiger partial charge is 0.144 e. The van der Waals surface area contributed by atoms with Crippen molar-refractivity contribution in [2.24, 2.45) is 0 Å². The summed E-state index contributed by atoms with van der Waals surface area (Å²) < 4.78 is 15.5. The number of nitrogens with zero attached hydrogens (tertiary/aromatic N) is 3. The maximum absolute atomic E-state index is 13.4. The van der Waals surface area contributed by atoms with E-state index in [0.717, 1.165) is 17.0 Å². The molecule has 2 fully saturated rings. The first-order chi connectivity index (χ1) is 9.72. The lowest BCUT2D eigenvalue weighted by Gasteiger charge is -2.25. The Balaban J connectivity index is 1.78. The number of aromatic nitrogens is 3. The average molecular weight is 271 g/mol. The summed E-state index contributed by atoms with van der Waals surface area (Å²) in [6.07, 6.45) is 8.30. The molecule has 20 heavy (non-hydrogen) atoms. The summed E-state index contributed by atoms with van der Waals surface area (Å²) in [6, 6.07) is 3.84. The molecule has 3 nitrogen and oxygen atoms in total. The second-order valence-electron chi connectivity index (χ2n) is 6.03. The third-order valence-corrected chi connectivity index (χ3v) is 4.47. The van der Waals surface area contributed by atoms with Crippen molar-refractivity contribution < 1.29 is 4.39 Å². The number of aryl methyl sites for hydroxylation is 1. The van der Waals surface area contributed by atoms with Crippen LogP contribution in [0, 0.1) is 12.7 Å². The fourth-order valence-electron chi connectivity index (χ4n) is 2.79. The number of halogens is 1. The Hall–Kier alpha value is -1.71. The molecule has 4 rings (SSSR count). The molecule has 0 atom stereocenters. The molecule has 0 radical (unpaired) electrons. The van der Waals surface area contributed by atoms with E-state index < -0.39 is 0 Å². The lowest BCUT2D eigenvalue weighted by atomic mass is 9.93. The molecule has 0 bridgehead atoms. The first kappa shape index (κ1) is 12.1. The van der Waals surface area contributed by atoms with Gasteiger partial charge in [0, 0.05) is 17.7 Å². The molecule has 0 aromatic carbocycles. The SMILES string of the molecule is Cc1nc(-c2cn(C3CCC3)nc2C2CC2)ccc1F. The Morgan fingerprint density at radius 3 is 2.60 bits per heavy atom. The maximum Gasteiger partial charge on any atom is 0.144 e. The van der Waals surface area contributed by atoms with Crippen LogP contribution < -0.4 is 0 Å². The minimum atomic E-state index is -0.242. The van der Waals surface area contributed by atoms with Gasteiger partial charge in [-0.3, -0.25) is 4.68 Å². The molecule has 2 heterocycles. The lowest BCUT2D eigenvalue weighted by Crippen LogP contribution is -2.17. The zero-order chi connectivity index (χ0) is 13.7. The number of hydrogen-bond donors (Lipinski definition) is 0. The summed E-state index contributed by atoms with van der Waals surface area (Å²) in [6.45, 7) is 1.71. The zero-order valence-electron chi connectivity index (χ0n) is 11.6. The molecule has 0 N–H and O–H groups in total. The molecule has 2 aromatic rings. The van der Waals surface area contributed by atoms with Crippen LogP contribution in [0.15, 0.2) is 18.3 Å². The Morgan fingerprint density at radius 1 is 1.20 bits per heavy atom. The van der Waals surface area contributed by atoms with Gasteiger partial charge in [0.15, 0.2) is 0 Å². The first-order valence-corrected chi connectivity index (χ1v) is 7.45. The highest BCUT2D eigenvalue weighted by Gasteiger charge is 2.32. The fourth-order valence-corrected chi connectivity index (χ4v) is 2.79. The van der Waals surface area contributed by atoms with Crippen LogP contribution in [0.1, 0.15) is 55.5 Å². The van der Waals surface area contributed by atoms with Gasteiger partial charge in [0.25, 0.3) is 0 Å². The van der Waals surface area contributed by atoms with Gasteiger partial charge in [0.05, 0.1) is 23.1 Å². The van der Waals surface area contributed by atoms with Crippen molar-refractivity contribution in [2.45, 2.75) is 51.0 Å². The first-order valence-electron chi connectivity index (χ1n) is 7.45. The van der Waals surface area contributed by atoms with Crippen LogP contribution in [-0.4, -0.2) is 14.8 Å². The summed E-state index contributed by atoms with van der Waals surface area (Å²) in [4.78, 5) is 4.40. The highest BCUT2D eigenvalue weighted by Crippen LogP contribution is 2.44. The van der Waals surface area contributed by atoms with Crippen molar-refractivity contribution in [2.75, 3.05) is 0 Å². The van der Waals surface area contributed by atoms with Gasteiger partial charge in [-0.05, 0) is 51.2 Å². The minimum Gasteiger partial charge on any atom is -0.269 e. The maximum atomic E-state index is 13.4. The summed E-state index contributed by atoms with van der Waals surface area (Å²) >= 11 is 0. The third kappa shape index (κ3) is 1.94. The van der Waals surface area contributed by atoms with Crippen molar-refractivity contribution >= 4 is 0 Å². The van der Waals surface area contributed by atoms with E-state index in [4.69, 9.17) is 5.10 Å². The fraction of sp³-hybridized carbons (Fsp3) is 0.500. The molecule has 2 aromatic heterocycles. The van der Waals surface area contributed by atoms with Crippen LogP contribution in [0.3, 0.4) is 0 Å². The molecule has 0 saturated heterocycles. The van der Waals surface area contributed by atoms with Crippen molar-refractivity contribution in [1.82, 2.24) is 14.8 Å². The van der Waals surface area contributed by atoms with Crippen LogP contribution in [-0.2, 0) is 0 Å². The van der Waals surface area contributed by atoms with Crippen molar-refractivity contribution in [1.29, 1.82) is 0 Å². The van der Waals surface area contributed by atoms with Crippen LogP contribution in [0.25, 0.3) is 11.3 Å². The molecule has 104 valence electrons. The standard InChI is InChI=1S/C16H18FN3/c1-10-14(17)7-8-15(18-10)13-9-20(12-3-2-4-12)19-16(13)11-5-6-11/h7-9,11-12H,2-6H2,1H3. The van der Waals surface area contributed by atoms with E-state index >= 15 is 0 Å². The number of pyridine rings is 1. The summed E-state index contributed by atoms with van der Waals surface area (Å²) in [5.74, 6) is 0.339. The molecule has 0 spiro atoms. The molecule has 4 heteroatoms. The Kier molecular flexibility index (Phi) is 2.65. The average Bonchev–Trinajstić information content (AvgIpc) is 3.12. The molecule has 0 aliphatic heterocycles. The second kappa shape index (κ2) is 4.40. The Morgan fingerprint density at radius 2 is 2.00 bits per heavy atom. The summed E-state index contributed by atoms with van der Waals surface area (Å²) in [7, 11) is 0. The van der Waals surface area contributed by atoms with Gasteiger partial charge >= 0.3 is 0 Å². The van der Waals surface area contributed by atoms with Gasteiger partial charge in [-0.1, -0.05) is 0 Å². The molecule has 0 amide bonds.